The van der Waals surface area contributed by atoms with Crippen LogP contribution in [-0.4, -0.2) is 29.5 Å². The number of carbonyl (C=O) groups excluding carboxylic acids is 1. The van der Waals surface area contributed by atoms with Gasteiger partial charge in [-0.2, -0.15) is 0 Å². The van der Waals surface area contributed by atoms with E-state index in [0.29, 0.717) is 13.1 Å². The Morgan fingerprint density at radius 3 is 2.53 bits per heavy atom. The highest BCUT2D eigenvalue weighted by molar-refractivity contribution is 9.10. The molecule has 1 fully saturated rings. The average molecular weight is 291 g/mol. The first kappa shape index (κ1) is 10.8. The summed E-state index contributed by atoms with van der Waals surface area (Å²) in [6.45, 7) is 1.14. The monoisotopic (exact) mass is 289 g/mol. The summed E-state index contributed by atoms with van der Waals surface area (Å²) in [4.78, 5) is 12.2. The summed E-state index contributed by atoms with van der Waals surface area (Å²) in [5.74, 6) is 0.810. The topological polar surface area (TPSA) is 29.5 Å². The van der Waals surface area contributed by atoms with Crippen LogP contribution in [0.2, 0.25) is 0 Å². The summed E-state index contributed by atoms with van der Waals surface area (Å²) < 4.78 is 6.63. The van der Waals surface area contributed by atoms with Crippen molar-refractivity contribution >= 4 is 32.9 Å². The van der Waals surface area contributed by atoms with Crippen LogP contribution in [0.1, 0.15) is 0 Å². The molecule has 1 amide bonds. The zero-order valence-corrected chi connectivity index (χ0v) is 10.2. The number of hydrogen-bond acceptors (Lipinski definition) is 2. The molecule has 0 saturated carbocycles. The number of rotatable bonds is 2. The minimum Gasteiger partial charge on any atom is -0.487 e. The van der Waals surface area contributed by atoms with Gasteiger partial charge in [0.2, 0.25) is 0 Å². The van der Waals surface area contributed by atoms with E-state index in [0.717, 1.165) is 10.2 Å². The lowest BCUT2D eigenvalue weighted by molar-refractivity contribution is 0.0531. The predicted octanol–water partition coefficient (Wildman–Crippen LogP) is 2.87. The van der Waals surface area contributed by atoms with Gasteiger partial charge in [-0.3, -0.25) is 4.79 Å². The Labute approximate surface area is 101 Å². The van der Waals surface area contributed by atoms with E-state index in [2.05, 4.69) is 15.9 Å². The van der Waals surface area contributed by atoms with Gasteiger partial charge in [0.25, 0.3) is 0 Å². The van der Waals surface area contributed by atoms with Crippen LogP contribution in [0.15, 0.2) is 28.7 Å². The SMILES string of the molecule is O=C(Cl)N1CC(Oc2ccc(Br)cc2)C1. The van der Waals surface area contributed by atoms with Gasteiger partial charge < -0.3 is 9.64 Å². The number of amides is 1. The van der Waals surface area contributed by atoms with Gasteiger partial charge in [0.1, 0.15) is 11.9 Å². The molecule has 0 atom stereocenters. The maximum absolute atomic E-state index is 10.7. The molecule has 80 valence electrons. The van der Waals surface area contributed by atoms with E-state index < -0.39 is 5.37 Å². The highest BCUT2D eigenvalue weighted by Gasteiger charge is 2.31. The van der Waals surface area contributed by atoms with Gasteiger partial charge in [-0.1, -0.05) is 15.9 Å². The highest BCUT2D eigenvalue weighted by atomic mass is 79.9. The Morgan fingerprint density at radius 1 is 1.40 bits per heavy atom. The standard InChI is InChI=1S/C10H9BrClNO2/c11-7-1-3-8(4-2-7)15-9-5-13(6-9)10(12)14/h1-4,9H,5-6H2. The molecule has 0 aliphatic carbocycles. The molecule has 0 radical (unpaired) electrons. The minimum absolute atomic E-state index is 0.0638. The third-order valence-corrected chi connectivity index (χ3v) is 2.98. The van der Waals surface area contributed by atoms with Crippen LogP contribution >= 0.6 is 27.5 Å². The molecule has 1 aromatic carbocycles. The summed E-state index contributed by atoms with van der Waals surface area (Å²) in [6, 6.07) is 7.60. The minimum atomic E-state index is -0.411. The van der Waals surface area contributed by atoms with Crippen molar-refractivity contribution in [2.45, 2.75) is 6.10 Å². The van der Waals surface area contributed by atoms with E-state index in [1.54, 1.807) is 0 Å². The van der Waals surface area contributed by atoms with Gasteiger partial charge in [0.15, 0.2) is 0 Å². The number of nitrogens with zero attached hydrogens (tertiary/aromatic N) is 1. The van der Waals surface area contributed by atoms with Gasteiger partial charge >= 0.3 is 5.37 Å². The molecule has 15 heavy (non-hydrogen) atoms. The van der Waals surface area contributed by atoms with Crippen LogP contribution in [-0.2, 0) is 0 Å². The number of likely N-dealkylation sites (tertiary alicyclic amines) is 1. The van der Waals surface area contributed by atoms with E-state index in [9.17, 15) is 4.79 Å². The number of ether oxygens (including phenoxy) is 1. The van der Waals surface area contributed by atoms with Gasteiger partial charge in [0.05, 0.1) is 13.1 Å². The third-order valence-electron chi connectivity index (χ3n) is 2.21. The summed E-state index contributed by atoms with van der Waals surface area (Å²) >= 11 is 8.64. The molecular formula is C10H9BrClNO2. The Kier molecular flexibility index (Phi) is 3.17. The molecule has 3 nitrogen and oxygen atoms in total. The molecule has 1 aliphatic rings. The van der Waals surface area contributed by atoms with E-state index in [1.165, 1.54) is 4.90 Å². The fraction of sp³-hybridized carbons (Fsp3) is 0.300. The quantitative estimate of drug-likeness (QED) is 0.619. The first-order valence-corrected chi connectivity index (χ1v) is 5.69. The fourth-order valence-corrected chi connectivity index (χ4v) is 1.76. The zero-order valence-electron chi connectivity index (χ0n) is 7.82. The Bertz CT molecular complexity index is 362. The summed E-state index contributed by atoms with van der Waals surface area (Å²) in [6.07, 6.45) is 0.0638. The summed E-state index contributed by atoms with van der Waals surface area (Å²) in [5.41, 5.74) is 0. The van der Waals surface area contributed by atoms with Gasteiger partial charge in [-0.15, -0.1) is 0 Å². The molecule has 0 aromatic heterocycles. The van der Waals surface area contributed by atoms with Crippen LogP contribution < -0.4 is 4.74 Å². The fourth-order valence-electron chi connectivity index (χ4n) is 1.36. The molecule has 0 N–H and O–H groups in total. The largest absolute Gasteiger partial charge is 0.487 e. The normalized spacial score (nSPS) is 16.0. The zero-order chi connectivity index (χ0) is 10.8. The molecule has 2 rings (SSSR count). The maximum Gasteiger partial charge on any atom is 0.316 e. The lowest BCUT2D eigenvalue weighted by Gasteiger charge is -2.37. The Balaban J connectivity index is 1.85. The van der Waals surface area contributed by atoms with E-state index in [4.69, 9.17) is 16.3 Å². The van der Waals surface area contributed by atoms with Crippen molar-refractivity contribution in [3.63, 3.8) is 0 Å². The van der Waals surface area contributed by atoms with E-state index in [-0.39, 0.29) is 6.10 Å². The van der Waals surface area contributed by atoms with E-state index in [1.807, 2.05) is 24.3 Å². The molecule has 0 bridgehead atoms. The Morgan fingerprint density at radius 2 is 2.00 bits per heavy atom. The first-order valence-electron chi connectivity index (χ1n) is 4.52. The smallest absolute Gasteiger partial charge is 0.316 e. The molecular weight excluding hydrogens is 281 g/mol. The number of benzene rings is 1. The third kappa shape index (κ3) is 2.63. The van der Waals surface area contributed by atoms with Crippen LogP contribution in [0.5, 0.6) is 5.75 Å². The van der Waals surface area contributed by atoms with Crippen LogP contribution in [0.3, 0.4) is 0 Å². The molecule has 1 aromatic rings. The number of carbonyl (C=O) groups is 1. The molecule has 1 saturated heterocycles. The first-order chi connectivity index (χ1) is 7.15. The molecule has 1 heterocycles. The average Bonchev–Trinajstić information content (AvgIpc) is 2.13. The second-order valence-electron chi connectivity index (χ2n) is 3.35. The molecule has 0 unspecified atom stereocenters. The van der Waals surface area contributed by atoms with Gasteiger partial charge in [0, 0.05) is 4.47 Å². The van der Waals surface area contributed by atoms with Crippen LogP contribution in [0.25, 0.3) is 0 Å². The Hall–Kier alpha value is -0.740. The maximum atomic E-state index is 10.7. The van der Waals surface area contributed by atoms with E-state index >= 15 is 0 Å². The second kappa shape index (κ2) is 4.41. The number of halogens is 2. The summed E-state index contributed by atoms with van der Waals surface area (Å²) in [5, 5.41) is -0.411. The lowest BCUT2D eigenvalue weighted by Crippen LogP contribution is -2.54. The van der Waals surface area contributed by atoms with Crippen LogP contribution in [0, 0.1) is 0 Å². The van der Waals surface area contributed by atoms with Crippen molar-refractivity contribution in [3.8, 4) is 5.75 Å². The van der Waals surface area contributed by atoms with Gasteiger partial charge in [-0.05, 0) is 35.9 Å². The summed E-state index contributed by atoms with van der Waals surface area (Å²) in [7, 11) is 0. The van der Waals surface area contributed by atoms with Gasteiger partial charge in [-0.25, -0.2) is 0 Å². The van der Waals surface area contributed by atoms with Crippen molar-refractivity contribution in [2.75, 3.05) is 13.1 Å². The number of hydrogen-bond donors (Lipinski definition) is 0. The molecule has 0 spiro atoms. The molecule has 1 aliphatic heterocycles. The van der Waals surface area contributed by atoms with Crippen molar-refractivity contribution in [1.29, 1.82) is 0 Å². The second-order valence-corrected chi connectivity index (χ2v) is 4.59. The van der Waals surface area contributed by atoms with Crippen molar-refractivity contribution in [1.82, 2.24) is 4.90 Å². The molecule has 5 heteroatoms. The van der Waals surface area contributed by atoms with Crippen molar-refractivity contribution in [3.05, 3.63) is 28.7 Å². The van der Waals surface area contributed by atoms with Crippen molar-refractivity contribution < 1.29 is 9.53 Å². The van der Waals surface area contributed by atoms with Crippen molar-refractivity contribution in [2.24, 2.45) is 0 Å². The van der Waals surface area contributed by atoms with Crippen LogP contribution in [0.4, 0.5) is 4.79 Å². The highest BCUT2D eigenvalue weighted by Crippen LogP contribution is 2.21. The predicted molar refractivity (Wildman–Crippen MR) is 61.4 cm³/mol. The lowest BCUT2D eigenvalue weighted by atomic mass is 10.2.